The lowest BCUT2D eigenvalue weighted by atomic mass is 9.99. The molecule has 1 aliphatic heterocycles. The molecule has 1 aliphatic rings. The molecule has 23 heavy (non-hydrogen) atoms. The molecule has 0 atom stereocenters. The molecule has 0 bridgehead atoms. The number of rotatable bonds is 5. The molecule has 2 amide bonds. The summed E-state index contributed by atoms with van der Waals surface area (Å²) in [6, 6.07) is 0. The molecule has 1 fully saturated rings. The highest BCUT2D eigenvalue weighted by molar-refractivity contribution is 5.86. The highest BCUT2D eigenvalue weighted by atomic mass is 16.4. The minimum Gasteiger partial charge on any atom is -0.480 e. The van der Waals surface area contributed by atoms with Crippen molar-refractivity contribution in [3.05, 3.63) is 0 Å². The van der Waals surface area contributed by atoms with Crippen LogP contribution in [0.2, 0.25) is 0 Å². The fourth-order valence-electron chi connectivity index (χ4n) is 2.79. The summed E-state index contributed by atoms with van der Waals surface area (Å²) in [4.78, 5) is 47.3. The van der Waals surface area contributed by atoms with E-state index < -0.39 is 42.8 Å². The number of carboxylic acids is 2. The van der Waals surface area contributed by atoms with Crippen LogP contribution in [-0.2, 0) is 9.59 Å². The van der Waals surface area contributed by atoms with E-state index >= 15 is 0 Å². The first-order valence-electron chi connectivity index (χ1n) is 6.69. The Labute approximate surface area is 131 Å². The van der Waals surface area contributed by atoms with Crippen molar-refractivity contribution in [2.24, 2.45) is 0 Å². The van der Waals surface area contributed by atoms with Gasteiger partial charge in [0, 0.05) is 26.2 Å². The molecule has 1 rings (SSSR count). The van der Waals surface area contributed by atoms with Crippen molar-refractivity contribution in [1.82, 2.24) is 14.7 Å². The number of carbonyl (C=O) groups is 4. The minimum absolute atomic E-state index is 0.145. The standard InChI is InChI=1S/C12H19N3O8/c1-12(15(10(20)21)11(22)23)6-13(4-8(16)17)2-3-14(7-12)5-9(18)19/h2-7H2,1H3,(H,16,17)(H,18,19)(H,20,21)(H,22,23). The maximum Gasteiger partial charge on any atom is 0.417 e. The van der Waals surface area contributed by atoms with Gasteiger partial charge >= 0.3 is 24.1 Å². The molecule has 130 valence electrons. The fourth-order valence-corrected chi connectivity index (χ4v) is 2.79. The Morgan fingerprint density at radius 2 is 1.22 bits per heavy atom. The van der Waals surface area contributed by atoms with Gasteiger partial charge < -0.3 is 20.4 Å². The van der Waals surface area contributed by atoms with Gasteiger partial charge in [0.2, 0.25) is 0 Å². The van der Waals surface area contributed by atoms with Gasteiger partial charge in [-0.15, -0.1) is 0 Å². The number of carboxylic acid groups (broad SMARTS) is 4. The van der Waals surface area contributed by atoms with E-state index in [0.717, 1.165) is 0 Å². The predicted molar refractivity (Wildman–Crippen MR) is 74.4 cm³/mol. The van der Waals surface area contributed by atoms with Crippen LogP contribution >= 0.6 is 0 Å². The molecule has 1 saturated heterocycles. The van der Waals surface area contributed by atoms with Crippen LogP contribution in [0.25, 0.3) is 0 Å². The van der Waals surface area contributed by atoms with E-state index in [9.17, 15) is 19.2 Å². The van der Waals surface area contributed by atoms with Gasteiger partial charge in [0.15, 0.2) is 0 Å². The Morgan fingerprint density at radius 3 is 1.48 bits per heavy atom. The van der Waals surface area contributed by atoms with Crippen LogP contribution in [0.15, 0.2) is 0 Å². The average molecular weight is 333 g/mol. The lowest BCUT2D eigenvalue weighted by Crippen LogP contribution is -2.61. The Morgan fingerprint density at radius 1 is 0.870 bits per heavy atom. The van der Waals surface area contributed by atoms with Gasteiger partial charge in [0.1, 0.15) is 0 Å². The van der Waals surface area contributed by atoms with Crippen molar-refractivity contribution in [2.45, 2.75) is 12.5 Å². The van der Waals surface area contributed by atoms with Crippen LogP contribution in [0, 0.1) is 0 Å². The van der Waals surface area contributed by atoms with Crippen LogP contribution in [0.3, 0.4) is 0 Å². The van der Waals surface area contributed by atoms with Crippen LogP contribution < -0.4 is 0 Å². The molecule has 0 spiro atoms. The van der Waals surface area contributed by atoms with E-state index in [1.807, 2.05) is 0 Å². The first-order chi connectivity index (χ1) is 10.5. The topological polar surface area (TPSA) is 159 Å². The predicted octanol–water partition coefficient (Wildman–Crippen LogP) is -0.810. The average Bonchev–Trinajstić information content (AvgIpc) is 2.45. The molecule has 11 heteroatoms. The molecule has 0 aliphatic carbocycles. The number of imide groups is 1. The second kappa shape index (κ2) is 7.24. The number of amides is 2. The summed E-state index contributed by atoms with van der Waals surface area (Å²) < 4.78 is 0. The van der Waals surface area contributed by atoms with Crippen molar-refractivity contribution in [1.29, 1.82) is 0 Å². The van der Waals surface area contributed by atoms with Crippen LogP contribution in [-0.4, -0.2) is 104 Å². The number of nitrogens with zero attached hydrogens (tertiary/aromatic N) is 3. The summed E-state index contributed by atoms with van der Waals surface area (Å²) in [6.45, 7) is 0.629. The lowest BCUT2D eigenvalue weighted by Gasteiger charge is -2.39. The van der Waals surface area contributed by atoms with Crippen molar-refractivity contribution in [3.63, 3.8) is 0 Å². The van der Waals surface area contributed by atoms with E-state index in [-0.39, 0.29) is 31.1 Å². The third-order valence-corrected chi connectivity index (χ3v) is 3.50. The zero-order valence-corrected chi connectivity index (χ0v) is 12.5. The summed E-state index contributed by atoms with van der Waals surface area (Å²) in [7, 11) is 0. The van der Waals surface area contributed by atoms with Crippen molar-refractivity contribution < 1.29 is 39.6 Å². The summed E-state index contributed by atoms with van der Waals surface area (Å²) in [5.41, 5.74) is -1.50. The Balaban J connectivity index is 3.14. The Kier molecular flexibility index (Phi) is 5.87. The van der Waals surface area contributed by atoms with Gasteiger partial charge in [-0.3, -0.25) is 19.4 Å². The second-order valence-corrected chi connectivity index (χ2v) is 5.61. The highest BCUT2D eigenvalue weighted by Gasteiger charge is 2.44. The third-order valence-electron chi connectivity index (χ3n) is 3.50. The van der Waals surface area contributed by atoms with Crippen LogP contribution in [0.5, 0.6) is 0 Å². The normalized spacial score (nSPS) is 18.8. The van der Waals surface area contributed by atoms with E-state index in [1.54, 1.807) is 0 Å². The number of aliphatic carboxylic acids is 2. The van der Waals surface area contributed by atoms with Gasteiger partial charge in [0.05, 0.1) is 18.6 Å². The minimum atomic E-state index is -1.70. The first-order valence-corrected chi connectivity index (χ1v) is 6.69. The molecular weight excluding hydrogens is 314 g/mol. The summed E-state index contributed by atoms with van der Waals surface area (Å²) in [5.74, 6) is -2.28. The fraction of sp³-hybridized carbons (Fsp3) is 0.667. The lowest BCUT2D eigenvalue weighted by molar-refractivity contribution is -0.139. The summed E-state index contributed by atoms with van der Waals surface area (Å²) in [6.07, 6.45) is -3.40. The Hall–Kier alpha value is -2.40. The Bertz CT molecular complexity index is 469. The van der Waals surface area contributed by atoms with Crippen molar-refractivity contribution >= 4 is 24.1 Å². The molecule has 0 aromatic carbocycles. The van der Waals surface area contributed by atoms with E-state index in [2.05, 4.69) is 0 Å². The van der Waals surface area contributed by atoms with E-state index in [4.69, 9.17) is 20.4 Å². The van der Waals surface area contributed by atoms with E-state index in [1.165, 1.54) is 16.7 Å². The molecule has 0 unspecified atom stereocenters. The van der Waals surface area contributed by atoms with Gasteiger partial charge in [-0.2, -0.15) is 0 Å². The van der Waals surface area contributed by atoms with Gasteiger partial charge in [-0.1, -0.05) is 0 Å². The monoisotopic (exact) mass is 333 g/mol. The number of hydrogen-bond donors (Lipinski definition) is 4. The summed E-state index contributed by atoms with van der Waals surface area (Å²) in [5, 5.41) is 36.1. The van der Waals surface area contributed by atoms with Gasteiger partial charge in [-0.05, 0) is 6.92 Å². The molecule has 11 nitrogen and oxygen atoms in total. The molecule has 1 heterocycles. The van der Waals surface area contributed by atoms with Crippen molar-refractivity contribution in [2.75, 3.05) is 39.3 Å². The van der Waals surface area contributed by atoms with Gasteiger partial charge in [-0.25, -0.2) is 14.5 Å². The smallest absolute Gasteiger partial charge is 0.417 e. The third kappa shape index (κ3) is 5.07. The molecule has 0 aromatic rings. The molecular formula is C12H19N3O8. The highest BCUT2D eigenvalue weighted by Crippen LogP contribution is 2.22. The maximum atomic E-state index is 11.3. The quantitative estimate of drug-likeness (QED) is 0.501. The molecule has 0 aromatic heterocycles. The SMILES string of the molecule is CC1(N(C(=O)O)C(=O)O)CN(CC(=O)O)CCN(CC(=O)O)C1. The molecule has 0 radical (unpaired) electrons. The van der Waals surface area contributed by atoms with E-state index in [0.29, 0.717) is 0 Å². The first kappa shape index (κ1) is 18.6. The zero-order valence-electron chi connectivity index (χ0n) is 12.5. The number of hydrogen-bond acceptors (Lipinski definition) is 6. The van der Waals surface area contributed by atoms with Crippen LogP contribution in [0.1, 0.15) is 6.92 Å². The zero-order chi connectivity index (χ0) is 17.8. The van der Waals surface area contributed by atoms with Crippen molar-refractivity contribution in [3.8, 4) is 0 Å². The van der Waals surface area contributed by atoms with Crippen LogP contribution in [0.4, 0.5) is 9.59 Å². The molecule has 0 saturated carbocycles. The van der Waals surface area contributed by atoms with Gasteiger partial charge in [0.25, 0.3) is 0 Å². The maximum absolute atomic E-state index is 11.3. The summed E-state index contributed by atoms with van der Waals surface area (Å²) >= 11 is 0. The molecule has 4 N–H and O–H groups in total. The second-order valence-electron chi connectivity index (χ2n) is 5.61. The largest absolute Gasteiger partial charge is 0.480 e.